The SMILES string of the molecule is CN(C)CC1[C@H]2CN(C(=O)c3ccc(-c4cncc(C(=O)O)n4)cc3)C[C@@H]12. The van der Waals surface area contributed by atoms with Crippen LogP contribution in [-0.4, -0.2) is 70.5 Å². The molecule has 2 aromatic rings. The summed E-state index contributed by atoms with van der Waals surface area (Å²) in [6, 6.07) is 7.12. The maximum absolute atomic E-state index is 12.7. The van der Waals surface area contributed by atoms with Crippen LogP contribution in [0, 0.1) is 17.8 Å². The number of benzene rings is 1. The van der Waals surface area contributed by atoms with E-state index in [2.05, 4.69) is 29.0 Å². The number of aromatic carboxylic acids is 1. The fourth-order valence-corrected chi connectivity index (χ4v) is 4.08. The van der Waals surface area contributed by atoms with Crippen molar-refractivity contribution in [3.63, 3.8) is 0 Å². The van der Waals surface area contributed by atoms with E-state index in [1.54, 1.807) is 24.3 Å². The Labute approximate surface area is 157 Å². The maximum atomic E-state index is 12.7. The lowest BCUT2D eigenvalue weighted by molar-refractivity contribution is 0.0689. The zero-order valence-electron chi connectivity index (χ0n) is 15.4. The number of carbonyl (C=O) groups excluding carboxylic acids is 1. The van der Waals surface area contributed by atoms with Gasteiger partial charge in [-0.1, -0.05) is 12.1 Å². The van der Waals surface area contributed by atoms with E-state index in [0.717, 1.165) is 31.1 Å². The molecule has 7 heteroatoms. The number of carboxylic acid groups (broad SMARTS) is 1. The number of aromatic nitrogens is 2. The van der Waals surface area contributed by atoms with Crippen LogP contribution in [0.15, 0.2) is 36.7 Å². The summed E-state index contributed by atoms with van der Waals surface area (Å²) >= 11 is 0. The van der Waals surface area contributed by atoms with Crippen molar-refractivity contribution in [1.29, 1.82) is 0 Å². The van der Waals surface area contributed by atoms with Gasteiger partial charge in [0.2, 0.25) is 0 Å². The van der Waals surface area contributed by atoms with Gasteiger partial charge in [0.1, 0.15) is 0 Å². The van der Waals surface area contributed by atoms with E-state index in [1.165, 1.54) is 12.4 Å². The maximum Gasteiger partial charge on any atom is 0.356 e. The van der Waals surface area contributed by atoms with E-state index in [1.807, 2.05) is 4.90 Å². The Hall–Kier alpha value is -2.80. The number of hydrogen-bond donors (Lipinski definition) is 1. The Balaban J connectivity index is 1.42. The number of fused-ring (bicyclic) bond motifs is 1. The van der Waals surface area contributed by atoms with E-state index in [9.17, 15) is 9.59 Å². The number of likely N-dealkylation sites (tertiary alicyclic amines) is 1. The molecule has 2 aliphatic rings. The van der Waals surface area contributed by atoms with Crippen molar-refractivity contribution < 1.29 is 14.7 Å². The number of nitrogens with zero attached hydrogens (tertiary/aromatic N) is 4. The van der Waals surface area contributed by atoms with Gasteiger partial charge in [-0.2, -0.15) is 0 Å². The number of piperidine rings is 1. The van der Waals surface area contributed by atoms with Gasteiger partial charge in [0.15, 0.2) is 5.69 Å². The summed E-state index contributed by atoms with van der Waals surface area (Å²) in [7, 11) is 4.18. The van der Waals surface area contributed by atoms with E-state index in [-0.39, 0.29) is 11.6 Å². The van der Waals surface area contributed by atoms with Crippen LogP contribution in [0.3, 0.4) is 0 Å². The Kier molecular flexibility index (Phi) is 4.39. The molecule has 7 nitrogen and oxygen atoms in total. The molecule has 1 N–H and O–H groups in total. The first-order valence-corrected chi connectivity index (χ1v) is 9.04. The van der Waals surface area contributed by atoms with Gasteiger partial charge in [0, 0.05) is 30.8 Å². The van der Waals surface area contributed by atoms with Crippen molar-refractivity contribution in [2.24, 2.45) is 17.8 Å². The zero-order chi connectivity index (χ0) is 19.1. The molecular weight excluding hydrogens is 344 g/mol. The smallest absolute Gasteiger partial charge is 0.356 e. The highest BCUT2D eigenvalue weighted by atomic mass is 16.4. The van der Waals surface area contributed by atoms with Gasteiger partial charge in [0.05, 0.1) is 18.1 Å². The standard InChI is InChI=1S/C20H22N4O3/c1-23(2)9-14-15-10-24(11-16(14)15)19(25)13-5-3-12(4-6-13)17-7-21-8-18(22-17)20(26)27/h3-8,14-16H,9-11H2,1-2H3,(H,26,27)/t14?,15-,16+. The fourth-order valence-electron chi connectivity index (χ4n) is 4.08. The van der Waals surface area contributed by atoms with Gasteiger partial charge in [-0.3, -0.25) is 9.78 Å². The van der Waals surface area contributed by atoms with Crippen molar-refractivity contribution in [3.8, 4) is 11.3 Å². The highest BCUT2D eigenvalue weighted by Crippen LogP contribution is 2.52. The first-order chi connectivity index (χ1) is 12.9. The van der Waals surface area contributed by atoms with E-state index < -0.39 is 5.97 Å². The first-order valence-electron chi connectivity index (χ1n) is 9.04. The molecule has 0 bridgehead atoms. The minimum Gasteiger partial charge on any atom is -0.476 e. The minimum atomic E-state index is -1.11. The third kappa shape index (κ3) is 3.42. The monoisotopic (exact) mass is 366 g/mol. The topological polar surface area (TPSA) is 86.6 Å². The molecule has 140 valence electrons. The molecule has 1 aromatic heterocycles. The number of amides is 1. The van der Waals surface area contributed by atoms with Crippen molar-refractivity contribution in [2.45, 2.75) is 0 Å². The van der Waals surface area contributed by atoms with Gasteiger partial charge in [0.25, 0.3) is 5.91 Å². The molecular formula is C20H22N4O3. The Morgan fingerprint density at radius 3 is 2.41 bits per heavy atom. The molecule has 1 aliphatic carbocycles. The lowest BCUT2D eigenvalue weighted by Crippen LogP contribution is -2.33. The third-order valence-corrected chi connectivity index (χ3v) is 5.52. The average Bonchev–Trinajstić information content (AvgIpc) is 3.10. The van der Waals surface area contributed by atoms with Crippen molar-refractivity contribution >= 4 is 11.9 Å². The van der Waals surface area contributed by atoms with Gasteiger partial charge in [-0.25, -0.2) is 9.78 Å². The lowest BCUT2D eigenvalue weighted by atomic mass is 10.1. The number of rotatable bonds is 5. The predicted octanol–water partition coefficient (Wildman–Crippen LogP) is 1.72. The van der Waals surface area contributed by atoms with Crippen molar-refractivity contribution in [1.82, 2.24) is 19.8 Å². The number of carbonyl (C=O) groups is 2. The second-order valence-electron chi connectivity index (χ2n) is 7.64. The molecule has 1 unspecified atom stereocenters. The molecule has 3 atom stereocenters. The van der Waals surface area contributed by atoms with E-state index in [0.29, 0.717) is 23.1 Å². The summed E-state index contributed by atoms with van der Waals surface area (Å²) in [5.74, 6) is 0.958. The largest absolute Gasteiger partial charge is 0.476 e. The first kappa shape index (κ1) is 17.6. The second kappa shape index (κ2) is 6.74. The van der Waals surface area contributed by atoms with Gasteiger partial charge >= 0.3 is 5.97 Å². The summed E-state index contributed by atoms with van der Waals surface area (Å²) in [4.78, 5) is 35.9. The highest BCUT2D eigenvalue weighted by molar-refractivity contribution is 5.95. The summed E-state index contributed by atoms with van der Waals surface area (Å²) in [5.41, 5.74) is 1.75. The lowest BCUT2D eigenvalue weighted by Gasteiger charge is -2.21. The molecule has 1 saturated heterocycles. The van der Waals surface area contributed by atoms with Crippen molar-refractivity contribution in [3.05, 3.63) is 47.9 Å². The average molecular weight is 366 g/mol. The molecule has 4 rings (SSSR count). The third-order valence-electron chi connectivity index (χ3n) is 5.52. The molecule has 1 aromatic carbocycles. The Morgan fingerprint density at radius 2 is 1.81 bits per heavy atom. The molecule has 1 aliphatic heterocycles. The normalized spacial score (nSPS) is 23.4. The highest BCUT2D eigenvalue weighted by Gasteiger charge is 2.56. The van der Waals surface area contributed by atoms with E-state index >= 15 is 0 Å². The van der Waals surface area contributed by atoms with E-state index in [4.69, 9.17) is 5.11 Å². The summed E-state index contributed by atoms with van der Waals surface area (Å²) in [5, 5.41) is 9.03. The Bertz CT molecular complexity index is 869. The summed E-state index contributed by atoms with van der Waals surface area (Å²) in [6.07, 6.45) is 2.73. The van der Waals surface area contributed by atoms with Gasteiger partial charge in [-0.05, 0) is 44.0 Å². The van der Waals surface area contributed by atoms with Crippen LogP contribution in [0.2, 0.25) is 0 Å². The predicted molar refractivity (Wildman–Crippen MR) is 99.4 cm³/mol. The quantitative estimate of drug-likeness (QED) is 0.867. The van der Waals surface area contributed by atoms with Crippen LogP contribution >= 0.6 is 0 Å². The van der Waals surface area contributed by atoms with Gasteiger partial charge in [-0.15, -0.1) is 0 Å². The summed E-state index contributed by atoms with van der Waals surface area (Å²) in [6.45, 7) is 2.79. The molecule has 2 heterocycles. The van der Waals surface area contributed by atoms with Crippen LogP contribution in [0.1, 0.15) is 20.8 Å². The molecule has 1 amide bonds. The molecule has 1 saturated carbocycles. The number of hydrogen-bond acceptors (Lipinski definition) is 5. The summed E-state index contributed by atoms with van der Waals surface area (Å²) < 4.78 is 0. The molecule has 0 spiro atoms. The zero-order valence-corrected chi connectivity index (χ0v) is 15.4. The van der Waals surface area contributed by atoms with Crippen LogP contribution in [-0.2, 0) is 0 Å². The van der Waals surface area contributed by atoms with Crippen LogP contribution in [0.5, 0.6) is 0 Å². The van der Waals surface area contributed by atoms with Crippen LogP contribution < -0.4 is 0 Å². The van der Waals surface area contributed by atoms with Crippen LogP contribution in [0.4, 0.5) is 0 Å². The molecule has 27 heavy (non-hydrogen) atoms. The molecule has 2 fully saturated rings. The minimum absolute atomic E-state index is 0.0581. The van der Waals surface area contributed by atoms with Gasteiger partial charge < -0.3 is 14.9 Å². The second-order valence-corrected chi connectivity index (χ2v) is 7.64. The van der Waals surface area contributed by atoms with Crippen LogP contribution in [0.25, 0.3) is 11.3 Å². The fraction of sp³-hybridized carbons (Fsp3) is 0.400. The number of carboxylic acids is 1. The molecule has 0 radical (unpaired) electrons. The van der Waals surface area contributed by atoms with Crippen molar-refractivity contribution in [2.75, 3.05) is 33.7 Å². The Morgan fingerprint density at radius 1 is 1.15 bits per heavy atom.